The first kappa shape index (κ1) is 11.9. The minimum Gasteiger partial charge on any atom is -0.494 e. The van der Waals surface area contributed by atoms with Crippen LogP contribution in [0.4, 0.5) is 5.82 Å². The lowest BCUT2D eigenvalue weighted by Gasteiger charge is -2.05. The van der Waals surface area contributed by atoms with E-state index in [9.17, 15) is 4.79 Å². The summed E-state index contributed by atoms with van der Waals surface area (Å²) in [5.74, 6) is -0.491. The van der Waals surface area contributed by atoms with Crippen LogP contribution in [0.5, 0.6) is 5.75 Å². The Morgan fingerprint density at radius 2 is 2.11 bits per heavy atom. The second-order valence-electron chi connectivity index (χ2n) is 3.47. The van der Waals surface area contributed by atoms with Crippen molar-refractivity contribution in [2.45, 2.75) is 6.92 Å². The Labute approximate surface area is 103 Å². The summed E-state index contributed by atoms with van der Waals surface area (Å²) in [6.45, 7) is 2.47. The van der Waals surface area contributed by atoms with Crippen molar-refractivity contribution in [2.75, 3.05) is 12.3 Å². The molecule has 0 saturated heterocycles. The average Bonchev–Trinajstić information content (AvgIpc) is 2.73. The lowest BCUT2D eigenvalue weighted by atomic mass is 10.3. The maximum atomic E-state index is 10.8. The number of nitrogen functional groups attached to an aromatic ring is 1. The van der Waals surface area contributed by atoms with E-state index in [1.165, 1.54) is 4.68 Å². The molecule has 3 N–H and O–H groups in total. The molecule has 0 atom stereocenters. The van der Waals surface area contributed by atoms with Gasteiger partial charge < -0.3 is 15.6 Å². The minimum atomic E-state index is -1.20. The highest BCUT2D eigenvalue weighted by atomic mass is 16.5. The van der Waals surface area contributed by atoms with Crippen LogP contribution in [0.15, 0.2) is 24.3 Å². The van der Waals surface area contributed by atoms with Gasteiger partial charge in [-0.1, -0.05) is 5.21 Å². The summed E-state index contributed by atoms with van der Waals surface area (Å²) in [6.07, 6.45) is 0. The third-order valence-electron chi connectivity index (χ3n) is 2.30. The molecule has 2 aromatic rings. The minimum absolute atomic E-state index is 0.00772. The Morgan fingerprint density at radius 1 is 1.44 bits per heavy atom. The molecule has 0 spiro atoms. The Kier molecular flexibility index (Phi) is 3.13. The van der Waals surface area contributed by atoms with Crippen molar-refractivity contribution in [3.8, 4) is 11.4 Å². The van der Waals surface area contributed by atoms with Crippen LogP contribution in [0.2, 0.25) is 0 Å². The summed E-state index contributed by atoms with van der Waals surface area (Å²) < 4.78 is 6.56. The molecule has 0 saturated carbocycles. The topological polar surface area (TPSA) is 103 Å². The lowest BCUT2D eigenvalue weighted by molar-refractivity contribution is 0.0691. The number of hydrogen-bond acceptors (Lipinski definition) is 5. The number of benzene rings is 1. The maximum Gasteiger partial charge on any atom is 0.360 e. The van der Waals surface area contributed by atoms with Crippen LogP contribution in [0.1, 0.15) is 17.4 Å². The molecule has 1 aromatic carbocycles. The van der Waals surface area contributed by atoms with Gasteiger partial charge in [0.15, 0.2) is 5.82 Å². The number of carboxylic acid groups (broad SMARTS) is 1. The number of hydrogen-bond donors (Lipinski definition) is 2. The van der Waals surface area contributed by atoms with Crippen LogP contribution in [0.3, 0.4) is 0 Å². The number of anilines is 1. The summed E-state index contributed by atoms with van der Waals surface area (Å²) in [7, 11) is 0. The molecular formula is C11H12N4O3. The Balaban J connectivity index is 2.34. The highest BCUT2D eigenvalue weighted by molar-refractivity contribution is 5.90. The van der Waals surface area contributed by atoms with Crippen LogP contribution < -0.4 is 10.5 Å². The van der Waals surface area contributed by atoms with Crippen molar-refractivity contribution in [3.63, 3.8) is 0 Å². The molecule has 0 aliphatic rings. The molecular weight excluding hydrogens is 236 g/mol. The maximum absolute atomic E-state index is 10.8. The van der Waals surface area contributed by atoms with Gasteiger partial charge in [0, 0.05) is 0 Å². The average molecular weight is 248 g/mol. The highest BCUT2D eigenvalue weighted by Crippen LogP contribution is 2.18. The van der Waals surface area contributed by atoms with Gasteiger partial charge in [0.05, 0.1) is 12.3 Å². The van der Waals surface area contributed by atoms with E-state index < -0.39 is 5.97 Å². The Bertz CT molecular complexity index is 562. The van der Waals surface area contributed by atoms with Crippen LogP contribution >= 0.6 is 0 Å². The van der Waals surface area contributed by atoms with Gasteiger partial charge in [0.2, 0.25) is 5.69 Å². The van der Waals surface area contributed by atoms with Crippen molar-refractivity contribution in [2.24, 2.45) is 0 Å². The van der Waals surface area contributed by atoms with E-state index in [0.717, 1.165) is 5.75 Å². The molecule has 1 aromatic heterocycles. The van der Waals surface area contributed by atoms with Crippen LogP contribution in [0.25, 0.3) is 5.69 Å². The van der Waals surface area contributed by atoms with Crippen molar-refractivity contribution < 1.29 is 14.6 Å². The second-order valence-corrected chi connectivity index (χ2v) is 3.47. The summed E-state index contributed by atoms with van der Waals surface area (Å²) in [4.78, 5) is 10.8. The number of rotatable bonds is 4. The number of nitrogens with two attached hydrogens (primary N) is 1. The van der Waals surface area contributed by atoms with E-state index in [4.69, 9.17) is 15.6 Å². The fourth-order valence-corrected chi connectivity index (χ4v) is 1.48. The summed E-state index contributed by atoms with van der Waals surface area (Å²) >= 11 is 0. The SMILES string of the molecule is CCOc1ccc(-n2nnc(C(=O)O)c2N)cc1. The molecule has 2 rings (SSSR count). The molecule has 94 valence electrons. The van der Waals surface area contributed by atoms with Gasteiger partial charge in [-0.3, -0.25) is 0 Å². The lowest BCUT2D eigenvalue weighted by Crippen LogP contribution is -2.05. The Morgan fingerprint density at radius 3 is 2.61 bits per heavy atom. The Hall–Kier alpha value is -2.57. The predicted molar refractivity (Wildman–Crippen MR) is 63.9 cm³/mol. The molecule has 0 aliphatic carbocycles. The fraction of sp³-hybridized carbons (Fsp3) is 0.182. The number of carboxylic acids is 1. The smallest absolute Gasteiger partial charge is 0.360 e. The molecule has 1 heterocycles. The largest absolute Gasteiger partial charge is 0.494 e. The van der Waals surface area contributed by atoms with E-state index in [-0.39, 0.29) is 11.5 Å². The summed E-state index contributed by atoms with van der Waals surface area (Å²) in [5, 5.41) is 16.0. The third-order valence-corrected chi connectivity index (χ3v) is 2.30. The molecule has 0 aliphatic heterocycles. The zero-order valence-electron chi connectivity index (χ0n) is 9.70. The number of carbonyl (C=O) groups is 1. The van der Waals surface area contributed by atoms with Gasteiger partial charge in [0.1, 0.15) is 5.75 Å². The first-order valence-electron chi connectivity index (χ1n) is 5.31. The van der Waals surface area contributed by atoms with E-state index in [2.05, 4.69) is 10.3 Å². The standard InChI is InChI=1S/C11H12N4O3/c1-2-18-8-5-3-7(4-6-8)15-10(12)9(11(16)17)13-14-15/h3-6H,2,12H2,1H3,(H,16,17). The van der Waals surface area contributed by atoms with Crippen molar-refractivity contribution >= 4 is 11.8 Å². The van der Waals surface area contributed by atoms with Gasteiger partial charge in [-0.15, -0.1) is 5.10 Å². The molecule has 18 heavy (non-hydrogen) atoms. The van der Waals surface area contributed by atoms with E-state index in [1.54, 1.807) is 24.3 Å². The molecule has 0 amide bonds. The van der Waals surface area contributed by atoms with Gasteiger partial charge in [-0.25, -0.2) is 4.79 Å². The zero-order valence-corrected chi connectivity index (χ0v) is 9.70. The molecule has 0 radical (unpaired) electrons. The predicted octanol–water partition coefficient (Wildman–Crippen LogP) is 0.946. The first-order valence-corrected chi connectivity index (χ1v) is 5.31. The van der Waals surface area contributed by atoms with Crippen LogP contribution in [-0.2, 0) is 0 Å². The van der Waals surface area contributed by atoms with Crippen LogP contribution in [-0.4, -0.2) is 32.7 Å². The molecule has 7 heteroatoms. The second kappa shape index (κ2) is 4.74. The van der Waals surface area contributed by atoms with Crippen molar-refractivity contribution in [1.82, 2.24) is 15.0 Å². The van der Waals surface area contributed by atoms with E-state index >= 15 is 0 Å². The number of aromatic nitrogens is 3. The normalized spacial score (nSPS) is 10.3. The van der Waals surface area contributed by atoms with E-state index in [0.29, 0.717) is 12.3 Å². The van der Waals surface area contributed by atoms with Crippen molar-refractivity contribution in [3.05, 3.63) is 30.0 Å². The molecule has 0 unspecified atom stereocenters. The van der Waals surface area contributed by atoms with Crippen LogP contribution in [0, 0.1) is 0 Å². The number of aromatic carboxylic acids is 1. The summed E-state index contributed by atoms with van der Waals surface area (Å²) in [5.41, 5.74) is 6.02. The zero-order chi connectivity index (χ0) is 13.1. The van der Waals surface area contributed by atoms with Gasteiger partial charge >= 0.3 is 5.97 Å². The molecule has 7 nitrogen and oxygen atoms in total. The van der Waals surface area contributed by atoms with Crippen molar-refractivity contribution in [1.29, 1.82) is 0 Å². The monoisotopic (exact) mass is 248 g/mol. The number of ether oxygens (including phenoxy) is 1. The number of nitrogens with zero attached hydrogens (tertiary/aromatic N) is 3. The summed E-state index contributed by atoms with van der Waals surface area (Å²) in [6, 6.07) is 6.95. The highest BCUT2D eigenvalue weighted by Gasteiger charge is 2.16. The van der Waals surface area contributed by atoms with Gasteiger partial charge in [0.25, 0.3) is 0 Å². The third kappa shape index (κ3) is 2.10. The van der Waals surface area contributed by atoms with E-state index in [1.807, 2.05) is 6.92 Å². The van der Waals surface area contributed by atoms with Gasteiger partial charge in [-0.05, 0) is 31.2 Å². The first-order chi connectivity index (χ1) is 8.63. The quantitative estimate of drug-likeness (QED) is 0.834. The molecule has 0 bridgehead atoms. The van der Waals surface area contributed by atoms with Gasteiger partial charge in [-0.2, -0.15) is 4.68 Å². The fourth-order valence-electron chi connectivity index (χ4n) is 1.48. The molecule has 0 fully saturated rings.